The lowest BCUT2D eigenvalue weighted by molar-refractivity contribution is -0.146. The summed E-state index contributed by atoms with van der Waals surface area (Å²) in [6, 6.07) is -0.321. The minimum Gasteiger partial charge on any atom is -0.479 e. The maximum atomic E-state index is 11.5. The third-order valence-electron chi connectivity index (χ3n) is 2.23. The number of hydrogen-bond acceptors (Lipinski definition) is 4. The number of rotatable bonds is 8. The van der Waals surface area contributed by atoms with Crippen molar-refractivity contribution in [2.75, 3.05) is 26.2 Å². The molecular formula is C10H20N2O5. The van der Waals surface area contributed by atoms with E-state index in [1.807, 2.05) is 6.92 Å². The van der Waals surface area contributed by atoms with Crippen LogP contribution in [0.2, 0.25) is 0 Å². The number of carbonyl (C=O) groups is 2. The third-order valence-corrected chi connectivity index (χ3v) is 2.23. The van der Waals surface area contributed by atoms with Crippen molar-refractivity contribution in [2.24, 2.45) is 0 Å². The zero-order valence-corrected chi connectivity index (χ0v) is 9.93. The van der Waals surface area contributed by atoms with Crippen molar-refractivity contribution in [1.29, 1.82) is 0 Å². The molecule has 7 heteroatoms. The molecule has 0 aliphatic heterocycles. The molecule has 17 heavy (non-hydrogen) atoms. The van der Waals surface area contributed by atoms with E-state index in [-0.39, 0.29) is 25.6 Å². The van der Waals surface area contributed by atoms with Crippen LogP contribution in [0.5, 0.6) is 0 Å². The summed E-state index contributed by atoms with van der Waals surface area (Å²) in [6.07, 6.45) is -0.986. The maximum Gasteiger partial charge on any atom is 0.332 e. The normalized spacial score (nSPS) is 11.9. The molecule has 0 radical (unpaired) electrons. The molecule has 0 heterocycles. The average Bonchev–Trinajstić information content (AvgIpc) is 2.29. The summed E-state index contributed by atoms with van der Waals surface area (Å²) in [5.74, 6) is -1.30. The van der Waals surface area contributed by atoms with Crippen LogP contribution in [0.1, 0.15) is 19.8 Å². The molecule has 0 bridgehead atoms. The second-order valence-corrected chi connectivity index (χ2v) is 3.53. The molecule has 0 aliphatic rings. The van der Waals surface area contributed by atoms with Crippen molar-refractivity contribution >= 4 is 12.0 Å². The molecule has 0 fully saturated rings. The zero-order chi connectivity index (χ0) is 13.3. The topological polar surface area (TPSA) is 110 Å². The van der Waals surface area contributed by atoms with Crippen LogP contribution in [0.25, 0.3) is 0 Å². The van der Waals surface area contributed by atoms with Gasteiger partial charge in [0, 0.05) is 32.7 Å². The number of carboxylic acids is 1. The molecule has 0 unspecified atom stereocenters. The Labute approximate surface area is 100 Å². The smallest absolute Gasteiger partial charge is 0.332 e. The predicted molar refractivity (Wildman–Crippen MR) is 60.6 cm³/mol. The molecule has 2 amide bonds. The van der Waals surface area contributed by atoms with Gasteiger partial charge in [0.15, 0.2) is 6.10 Å². The largest absolute Gasteiger partial charge is 0.479 e. The number of aliphatic hydroxyl groups excluding tert-OH is 2. The SMILES string of the molecule is CCN(CCCO)C(=O)NCC[C@H](O)C(=O)O. The number of urea groups is 1. The highest BCUT2D eigenvalue weighted by Crippen LogP contribution is 1.94. The second-order valence-electron chi connectivity index (χ2n) is 3.53. The molecule has 4 N–H and O–H groups in total. The van der Waals surface area contributed by atoms with Gasteiger partial charge >= 0.3 is 12.0 Å². The zero-order valence-electron chi connectivity index (χ0n) is 9.93. The lowest BCUT2D eigenvalue weighted by Crippen LogP contribution is -2.42. The van der Waals surface area contributed by atoms with E-state index in [2.05, 4.69) is 5.32 Å². The van der Waals surface area contributed by atoms with E-state index in [9.17, 15) is 9.59 Å². The lowest BCUT2D eigenvalue weighted by Gasteiger charge is -2.21. The minimum atomic E-state index is -1.46. The molecule has 1 atom stereocenters. The molecule has 0 saturated heterocycles. The Morgan fingerprint density at radius 1 is 1.41 bits per heavy atom. The summed E-state index contributed by atoms with van der Waals surface area (Å²) in [4.78, 5) is 23.3. The molecule has 0 aromatic carbocycles. The Bertz CT molecular complexity index is 247. The summed E-state index contributed by atoms with van der Waals surface area (Å²) in [5.41, 5.74) is 0. The van der Waals surface area contributed by atoms with E-state index in [1.165, 1.54) is 4.90 Å². The fraction of sp³-hybridized carbons (Fsp3) is 0.800. The van der Waals surface area contributed by atoms with Gasteiger partial charge < -0.3 is 25.5 Å². The summed E-state index contributed by atoms with van der Waals surface area (Å²) in [5, 5.41) is 28.6. The number of carboxylic acid groups (broad SMARTS) is 1. The summed E-state index contributed by atoms with van der Waals surface area (Å²) in [7, 11) is 0. The predicted octanol–water partition coefficient (Wildman–Crippen LogP) is -0.764. The number of hydrogen-bond donors (Lipinski definition) is 4. The summed E-state index contributed by atoms with van der Waals surface area (Å²) >= 11 is 0. The lowest BCUT2D eigenvalue weighted by atomic mass is 10.2. The van der Waals surface area contributed by atoms with Crippen molar-refractivity contribution in [3.63, 3.8) is 0 Å². The fourth-order valence-electron chi connectivity index (χ4n) is 1.22. The molecule has 0 rings (SSSR count). The van der Waals surface area contributed by atoms with Gasteiger partial charge in [0.2, 0.25) is 0 Å². The fourth-order valence-corrected chi connectivity index (χ4v) is 1.22. The Morgan fingerprint density at radius 3 is 2.53 bits per heavy atom. The molecule has 0 saturated carbocycles. The van der Waals surface area contributed by atoms with Gasteiger partial charge in [-0.1, -0.05) is 0 Å². The van der Waals surface area contributed by atoms with Crippen molar-refractivity contribution in [1.82, 2.24) is 10.2 Å². The third kappa shape index (κ3) is 6.75. The minimum absolute atomic E-state index is 0.0154. The van der Waals surface area contributed by atoms with E-state index in [1.54, 1.807) is 0 Å². The van der Waals surface area contributed by atoms with Crippen LogP contribution in [-0.4, -0.2) is 64.6 Å². The molecule has 0 aromatic heterocycles. The highest BCUT2D eigenvalue weighted by atomic mass is 16.4. The van der Waals surface area contributed by atoms with Crippen LogP contribution in [0.3, 0.4) is 0 Å². The monoisotopic (exact) mass is 248 g/mol. The maximum absolute atomic E-state index is 11.5. The van der Waals surface area contributed by atoms with Gasteiger partial charge in [-0.05, 0) is 13.3 Å². The van der Waals surface area contributed by atoms with Crippen LogP contribution in [0, 0.1) is 0 Å². The van der Waals surface area contributed by atoms with E-state index >= 15 is 0 Å². The number of aliphatic hydroxyl groups is 2. The van der Waals surface area contributed by atoms with E-state index in [0.29, 0.717) is 19.5 Å². The first-order valence-electron chi connectivity index (χ1n) is 5.57. The summed E-state index contributed by atoms with van der Waals surface area (Å²) in [6.45, 7) is 2.88. The van der Waals surface area contributed by atoms with Gasteiger partial charge in [0.25, 0.3) is 0 Å². The van der Waals surface area contributed by atoms with E-state index in [4.69, 9.17) is 15.3 Å². The van der Waals surface area contributed by atoms with Crippen molar-refractivity contribution in [3.8, 4) is 0 Å². The quantitative estimate of drug-likeness (QED) is 0.451. The summed E-state index contributed by atoms with van der Waals surface area (Å²) < 4.78 is 0. The van der Waals surface area contributed by atoms with Gasteiger partial charge in [-0.25, -0.2) is 9.59 Å². The van der Waals surface area contributed by atoms with Crippen LogP contribution in [0.4, 0.5) is 4.79 Å². The number of nitrogens with zero attached hydrogens (tertiary/aromatic N) is 1. The van der Waals surface area contributed by atoms with Crippen LogP contribution >= 0.6 is 0 Å². The van der Waals surface area contributed by atoms with Gasteiger partial charge in [0.1, 0.15) is 0 Å². The Morgan fingerprint density at radius 2 is 2.06 bits per heavy atom. The number of nitrogens with one attached hydrogen (secondary N) is 1. The van der Waals surface area contributed by atoms with Crippen molar-refractivity contribution < 1.29 is 24.9 Å². The van der Waals surface area contributed by atoms with Crippen LogP contribution in [-0.2, 0) is 4.79 Å². The van der Waals surface area contributed by atoms with Crippen LogP contribution < -0.4 is 5.32 Å². The molecular weight excluding hydrogens is 228 g/mol. The van der Waals surface area contributed by atoms with Gasteiger partial charge in [-0.2, -0.15) is 0 Å². The first-order chi connectivity index (χ1) is 8.02. The first-order valence-corrected chi connectivity index (χ1v) is 5.57. The van der Waals surface area contributed by atoms with Gasteiger partial charge in [-0.3, -0.25) is 0 Å². The van der Waals surface area contributed by atoms with Gasteiger partial charge in [0.05, 0.1) is 0 Å². The molecule has 100 valence electrons. The standard InChI is InChI=1S/C10H20N2O5/c1-2-12(6-3-7-13)10(17)11-5-4-8(14)9(15)16/h8,13-14H,2-7H2,1H3,(H,11,17)(H,15,16)/t8-/m0/s1. The highest BCUT2D eigenvalue weighted by molar-refractivity contribution is 5.74. The number of carbonyl (C=O) groups excluding carboxylic acids is 1. The Hall–Kier alpha value is -1.34. The highest BCUT2D eigenvalue weighted by Gasteiger charge is 2.14. The van der Waals surface area contributed by atoms with Gasteiger partial charge in [-0.15, -0.1) is 0 Å². The van der Waals surface area contributed by atoms with Crippen LogP contribution in [0.15, 0.2) is 0 Å². The molecule has 7 nitrogen and oxygen atoms in total. The van der Waals surface area contributed by atoms with Crippen molar-refractivity contribution in [3.05, 3.63) is 0 Å². The Balaban J connectivity index is 3.86. The Kier molecular flexibility index (Phi) is 8.08. The van der Waals surface area contributed by atoms with E-state index < -0.39 is 12.1 Å². The number of aliphatic carboxylic acids is 1. The molecule has 0 spiro atoms. The first kappa shape index (κ1) is 15.7. The van der Waals surface area contributed by atoms with E-state index in [0.717, 1.165) is 0 Å². The average molecular weight is 248 g/mol. The van der Waals surface area contributed by atoms with Crippen molar-refractivity contribution in [2.45, 2.75) is 25.9 Å². The number of amides is 2. The molecule has 0 aromatic rings. The second kappa shape index (κ2) is 8.77. The molecule has 0 aliphatic carbocycles.